The third kappa shape index (κ3) is 3.11. The molecule has 0 aliphatic carbocycles. The molecule has 0 radical (unpaired) electrons. The second-order valence-electron chi connectivity index (χ2n) is 6.14. The van der Waals surface area contributed by atoms with E-state index in [0.717, 1.165) is 5.39 Å². The Kier molecular flexibility index (Phi) is 4.52. The zero-order valence-electron chi connectivity index (χ0n) is 14.9. The van der Waals surface area contributed by atoms with E-state index in [4.69, 9.17) is 15.2 Å². The Balaban J connectivity index is 1.99. The van der Waals surface area contributed by atoms with Gasteiger partial charge in [-0.25, -0.2) is 4.98 Å². The molecular formula is C17H23N5O3. The first kappa shape index (κ1) is 17.1. The topological polar surface area (TPSA) is 93.8 Å². The van der Waals surface area contributed by atoms with E-state index in [1.807, 2.05) is 11.8 Å². The summed E-state index contributed by atoms with van der Waals surface area (Å²) in [5, 5.41) is 0.719. The summed E-state index contributed by atoms with van der Waals surface area (Å²) in [7, 11) is 3.16. The van der Waals surface area contributed by atoms with Crippen LogP contribution in [0.2, 0.25) is 0 Å². The maximum Gasteiger partial charge on any atom is 0.228 e. The molecule has 3 rings (SSSR count). The number of fused-ring (bicyclic) bond motifs is 1. The lowest BCUT2D eigenvalue weighted by atomic mass is 10.2. The number of piperazine rings is 1. The number of aromatic nitrogens is 2. The highest BCUT2D eigenvalue weighted by molar-refractivity contribution is 5.91. The van der Waals surface area contributed by atoms with Crippen LogP contribution >= 0.6 is 0 Å². The minimum atomic E-state index is 0.0854. The van der Waals surface area contributed by atoms with E-state index in [1.165, 1.54) is 0 Å². The number of hydrogen-bond acceptors (Lipinski definition) is 7. The van der Waals surface area contributed by atoms with Gasteiger partial charge in [0, 0.05) is 44.1 Å². The standard InChI is InChI=1S/C17H23N5O3/c1-10-9-21(11(2)23)5-6-22(10)17-19-13-8-15(25-4)14(24-3)7-12(13)16(18)20-17/h7-8,10H,5-6,9H2,1-4H3,(H2,18,19,20)/t10-/m1/s1. The minimum Gasteiger partial charge on any atom is -0.493 e. The smallest absolute Gasteiger partial charge is 0.228 e. The summed E-state index contributed by atoms with van der Waals surface area (Å²) in [6.07, 6.45) is 0. The van der Waals surface area contributed by atoms with Gasteiger partial charge in [0.2, 0.25) is 11.9 Å². The summed E-state index contributed by atoms with van der Waals surface area (Å²) in [4.78, 5) is 24.6. The van der Waals surface area contributed by atoms with Crippen LogP contribution in [0.1, 0.15) is 13.8 Å². The van der Waals surface area contributed by atoms with Gasteiger partial charge in [-0.1, -0.05) is 0 Å². The Morgan fingerprint density at radius 3 is 2.48 bits per heavy atom. The largest absolute Gasteiger partial charge is 0.493 e. The number of nitrogen functional groups attached to an aromatic ring is 1. The van der Waals surface area contributed by atoms with Crippen molar-refractivity contribution >= 4 is 28.6 Å². The summed E-state index contributed by atoms with van der Waals surface area (Å²) in [6.45, 7) is 5.59. The van der Waals surface area contributed by atoms with Crippen molar-refractivity contribution in [2.45, 2.75) is 19.9 Å². The van der Waals surface area contributed by atoms with Crippen molar-refractivity contribution in [1.29, 1.82) is 0 Å². The van der Waals surface area contributed by atoms with Gasteiger partial charge in [-0.2, -0.15) is 4.98 Å². The van der Waals surface area contributed by atoms with Crippen LogP contribution in [-0.4, -0.2) is 60.7 Å². The molecule has 1 aromatic carbocycles. The van der Waals surface area contributed by atoms with Gasteiger partial charge in [0.1, 0.15) is 5.82 Å². The average Bonchev–Trinajstić information content (AvgIpc) is 2.60. The van der Waals surface area contributed by atoms with Gasteiger partial charge in [0.25, 0.3) is 0 Å². The average molecular weight is 345 g/mol. The highest BCUT2D eigenvalue weighted by atomic mass is 16.5. The van der Waals surface area contributed by atoms with Gasteiger partial charge in [0.15, 0.2) is 11.5 Å². The highest BCUT2D eigenvalue weighted by Gasteiger charge is 2.27. The fraction of sp³-hybridized carbons (Fsp3) is 0.471. The lowest BCUT2D eigenvalue weighted by molar-refractivity contribution is -0.129. The molecule has 8 nitrogen and oxygen atoms in total. The van der Waals surface area contributed by atoms with Crippen molar-refractivity contribution in [3.05, 3.63) is 12.1 Å². The van der Waals surface area contributed by atoms with Crippen LogP contribution in [-0.2, 0) is 4.79 Å². The van der Waals surface area contributed by atoms with E-state index in [1.54, 1.807) is 33.3 Å². The van der Waals surface area contributed by atoms with Gasteiger partial charge in [-0.15, -0.1) is 0 Å². The van der Waals surface area contributed by atoms with Crippen molar-refractivity contribution in [1.82, 2.24) is 14.9 Å². The number of ether oxygens (including phenoxy) is 2. The lowest BCUT2D eigenvalue weighted by Gasteiger charge is -2.39. The number of amides is 1. The number of methoxy groups -OCH3 is 2. The number of anilines is 2. The van der Waals surface area contributed by atoms with Gasteiger partial charge < -0.3 is 25.0 Å². The summed E-state index contributed by atoms with van der Waals surface area (Å²) in [5.41, 5.74) is 6.86. The number of carbonyl (C=O) groups is 1. The molecule has 134 valence electrons. The van der Waals surface area contributed by atoms with Gasteiger partial charge in [-0.3, -0.25) is 4.79 Å². The molecule has 1 aliphatic rings. The summed E-state index contributed by atoms with van der Waals surface area (Å²) in [6, 6.07) is 3.69. The molecule has 0 bridgehead atoms. The molecule has 1 aromatic heterocycles. The Hall–Kier alpha value is -2.77. The number of nitrogens with two attached hydrogens (primary N) is 1. The van der Waals surface area contributed by atoms with Crippen molar-refractivity contribution in [2.24, 2.45) is 0 Å². The fourth-order valence-corrected chi connectivity index (χ4v) is 3.14. The predicted molar refractivity (Wildman–Crippen MR) is 96.1 cm³/mol. The van der Waals surface area contributed by atoms with Crippen LogP contribution in [0.15, 0.2) is 12.1 Å². The van der Waals surface area contributed by atoms with Gasteiger partial charge in [0.05, 0.1) is 19.7 Å². The van der Waals surface area contributed by atoms with Crippen LogP contribution in [0.25, 0.3) is 10.9 Å². The van der Waals surface area contributed by atoms with E-state index in [-0.39, 0.29) is 11.9 Å². The Labute approximate surface area is 146 Å². The van der Waals surface area contributed by atoms with Gasteiger partial charge in [-0.05, 0) is 13.0 Å². The maximum absolute atomic E-state index is 11.6. The normalized spacial score (nSPS) is 17.7. The quantitative estimate of drug-likeness (QED) is 0.895. The lowest BCUT2D eigenvalue weighted by Crippen LogP contribution is -2.53. The summed E-state index contributed by atoms with van der Waals surface area (Å²) in [5.74, 6) is 2.22. The molecule has 8 heteroatoms. The second-order valence-corrected chi connectivity index (χ2v) is 6.14. The van der Waals surface area contributed by atoms with Crippen molar-refractivity contribution in [2.75, 3.05) is 44.5 Å². The number of rotatable bonds is 3. The van der Waals surface area contributed by atoms with Crippen LogP contribution in [0, 0.1) is 0 Å². The molecular weight excluding hydrogens is 322 g/mol. The molecule has 1 amide bonds. The summed E-state index contributed by atoms with van der Waals surface area (Å²) < 4.78 is 10.7. The summed E-state index contributed by atoms with van der Waals surface area (Å²) >= 11 is 0. The minimum absolute atomic E-state index is 0.0854. The fourth-order valence-electron chi connectivity index (χ4n) is 3.14. The molecule has 0 saturated carbocycles. The number of nitrogens with zero attached hydrogens (tertiary/aromatic N) is 4. The molecule has 2 N–H and O–H groups in total. The molecule has 2 heterocycles. The van der Waals surface area contributed by atoms with E-state index in [0.29, 0.717) is 48.4 Å². The first-order chi connectivity index (χ1) is 11.9. The molecule has 0 unspecified atom stereocenters. The number of hydrogen-bond donors (Lipinski definition) is 1. The third-order valence-corrected chi connectivity index (χ3v) is 4.55. The van der Waals surface area contributed by atoms with Gasteiger partial charge >= 0.3 is 0 Å². The first-order valence-corrected chi connectivity index (χ1v) is 8.16. The van der Waals surface area contributed by atoms with E-state index in [2.05, 4.69) is 14.9 Å². The molecule has 25 heavy (non-hydrogen) atoms. The zero-order chi connectivity index (χ0) is 18.1. The molecule has 1 aliphatic heterocycles. The second kappa shape index (κ2) is 6.62. The SMILES string of the molecule is COc1cc2nc(N3CCN(C(C)=O)C[C@H]3C)nc(N)c2cc1OC. The monoisotopic (exact) mass is 345 g/mol. The molecule has 2 aromatic rings. The van der Waals surface area contributed by atoms with Crippen molar-refractivity contribution in [3.8, 4) is 11.5 Å². The van der Waals surface area contributed by atoms with E-state index >= 15 is 0 Å². The number of carbonyl (C=O) groups excluding carboxylic acids is 1. The highest BCUT2D eigenvalue weighted by Crippen LogP contribution is 2.34. The first-order valence-electron chi connectivity index (χ1n) is 8.16. The van der Waals surface area contributed by atoms with Crippen LogP contribution in [0.4, 0.5) is 11.8 Å². The van der Waals surface area contributed by atoms with Crippen LogP contribution in [0.5, 0.6) is 11.5 Å². The molecule has 0 spiro atoms. The van der Waals surface area contributed by atoms with Crippen LogP contribution < -0.4 is 20.1 Å². The maximum atomic E-state index is 11.6. The molecule has 1 atom stereocenters. The zero-order valence-corrected chi connectivity index (χ0v) is 14.9. The van der Waals surface area contributed by atoms with E-state index < -0.39 is 0 Å². The predicted octanol–water partition coefficient (Wildman–Crippen LogP) is 1.29. The van der Waals surface area contributed by atoms with Crippen LogP contribution in [0.3, 0.4) is 0 Å². The Bertz CT molecular complexity index is 810. The van der Waals surface area contributed by atoms with Crippen molar-refractivity contribution < 1.29 is 14.3 Å². The number of benzene rings is 1. The Morgan fingerprint density at radius 1 is 1.20 bits per heavy atom. The Morgan fingerprint density at radius 2 is 1.88 bits per heavy atom. The molecule has 1 saturated heterocycles. The third-order valence-electron chi connectivity index (χ3n) is 4.55. The van der Waals surface area contributed by atoms with Crippen molar-refractivity contribution in [3.63, 3.8) is 0 Å². The van der Waals surface area contributed by atoms with E-state index in [9.17, 15) is 4.79 Å². The molecule has 1 fully saturated rings.